The Bertz CT molecular complexity index is 1260. The minimum Gasteiger partial charge on any atom is -0.491 e. The number of hydrogen-bond acceptors (Lipinski definition) is 4. The molecule has 0 saturated heterocycles. The second-order valence-electron chi connectivity index (χ2n) is 8.56. The Morgan fingerprint density at radius 3 is 2.45 bits per heavy atom. The number of carbonyl (C=O) groups is 1. The predicted octanol–water partition coefficient (Wildman–Crippen LogP) is 6.11. The zero-order valence-corrected chi connectivity index (χ0v) is 19.6. The van der Waals surface area contributed by atoms with E-state index in [0.29, 0.717) is 17.0 Å². The Morgan fingerprint density at radius 1 is 1.03 bits per heavy atom. The molecule has 170 valence electrons. The van der Waals surface area contributed by atoms with Gasteiger partial charge in [-0.15, -0.1) is 10.2 Å². The second-order valence-corrected chi connectivity index (χ2v) is 8.56. The summed E-state index contributed by atoms with van der Waals surface area (Å²) in [6, 6.07) is 19.4. The number of fused-ring (bicyclic) bond motifs is 1. The molecule has 0 bridgehead atoms. The minimum absolute atomic E-state index is 0.0446. The maximum absolute atomic E-state index is 12.9. The number of rotatable bonds is 8. The van der Waals surface area contributed by atoms with Gasteiger partial charge in [0.05, 0.1) is 11.8 Å². The number of aryl methyl sites for hydroxylation is 2. The largest absolute Gasteiger partial charge is 0.491 e. The van der Waals surface area contributed by atoms with Gasteiger partial charge < -0.3 is 10.1 Å². The molecule has 1 N–H and O–H groups in total. The van der Waals surface area contributed by atoms with Crippen molar-refractivity contribution in [3.8, 4) is 11.4 Å². The topological polar surface area (TPSA) is 69.0 Å². The standard InChI is InChI=1S/C27H30N4O2/c1-5-6-8-20-11-13-22(14-12-20)31-29-25-15-19(4)24(17-26(25)30-31)28-27(32)21-9-7-10-23(16-21)33-18(2)3/h7,9-18H,5-6,8H2,1-4H3,(H,28,32). The highest BCUT2D eigenvalue weighted by atomic mass is 16.5. The maximum atomic E-state index is 12.9. The number of ether oxygens (including phenoxy) is 1. The van der Waals surface area contributed by atoms with Crippen LogP contribution < -0.4 is 10.1 Å². The Morgan fingerprint density at radius 2 is 1.76 bits per heavy atom. The number of nitrogens with zero attached hydrogens (tertiary/aromatic N) is 3. The molecule has 0 spiro atoms. The third kappa shape index (κ3) is 5.40. The summed E-state index contributed by atoms with van der Waals surface area (Å²) in [5.41, 5.74) is 5.92. The first-order valence-electron chi connectivity index (χ1n) is 11.5. The third-order valence-electron chi connectivity index (χ3n) is 5.43. The van der Waals surface area contributed by atoms with Gasteiger partial charge in [0.1, 0.15) is 16.8 Å². The van der Waals surface area contributed by atoms with Gasteiger partial charge in [0.25, 0.3) is 5.91 Å². The van der Waals surface area contributed by atoms with Gasteiger partial charge in [-0.3, -0.25) is 4.79 Å². The molecule has 0 aliphatic rings. The highest BCUT2D eigenvalue weighted by Crippen LogP contribution is 2.24. The summed E-state index contributed by atoms with van der Waals surface area (Å²) in [4.78, 5) is 14.5. The van der Waals surface area contributed by atoms with Gasteiger partial charge in [0.2, 0.25) is 0 Å². The quantitative estimate of drug-likeness (QED) is 0.357. The molecular weight excluding hydrogens is 412 g/mol. The number of benzene rings is 3. The first-order chi connectivity index (χ1) is 15.9. The number of amides is 1. The number of aromatic nitrogens is 3. The number of unbranched alkanes of at least 4 members (excludes halogenated alkanes) is 1. The van der Waals surface area contributed by atoms with Crippen molar-refractivity contribution in [1.29, 1.82) is 0 Å². The molecule has 1 heterocycles. The monoisotopic (exact) mass is 442 g/mol. The highest BCUT2D eigenvalue weighted by molar-refractivity contribution is 6.05. The smallest absolute Gasteiger partial charge is 0.255 e. The fraction of sp³-hybridized carbons (Fsp3) is 0.296. The van der Waals surface area contributed by atoms with Crippen molar-refractivity contribution in [1.82, 2.24) is 15.0 Å². The molecule has 0 aliphatic carbocycles. The average Bonchev–Trinajstić information content (AvgIpc) is 3.20. The summed E-state index contributed by atoms with van der Waals surface area (Å²) < 4.78 is 5.71. The maximum Gasteiger partial charge on any atom is 0.255 e. The molecule has 0 saturated carbocycles. The number of anilines is 1. The van der Waals surface area contributed by atoms with E-state index in [1.807, 2.05) is 57.2 Å². The molecule has 4 rings (SSSR count). The van der Waals surface area contributed by atoms with Crippen LogP contribution in [0.2, 0.25) is 0 Å². The van der Waals surface area contributed by atoms with Gasteiger partial charge in [-0.2, -0.15) is 4.80 Å². The minimum atomic E-state index is -0.193. The number of nitrogens with one attached hydrogen (secondary N) is 1. The van der Waals surface area contributed by atoms with Gasteiger partial charge in [0.15, 0.2) is 0 Å². The van der Waals surface area contributed by atoms with Crippen LogP contribution in [0.4, 0.5) is 5.69 Å². The second kappa shape index (κ2) is 9.86. The van der Waals surface area contributed by atoms with Crippen LogP contribution in [-0.4, -0.2) is 27.0 Å². The van der Waals surface area contributed by atoms with E-state index >= 15 is 0 Å². The van der Waals surface area contributed by atoms with Crippen molar-refractivity contribution in [2.75, 3.05) is 5.32 Å². The Labute approximate surface area is 194 Å². The van der Waals surface area contributed by atoms with E-state index in [-0.39, 0.29) is 12.0 Å². The normalized spacial score (nSPS) is 11.2. The molecule has 0 atom stereocenters. The Hall–Kier alpha value is -3.67. The lowest BCUT2D eigenvalue weighted by Crippen LogP contribution is -2.13. The lowest BCUT2D eigenvalue weighted by Gasteiger charge is -2.12. The van der Waals surface area contributed by atoms with Crippen LogP contribution in [0.5, 0.6) is 5.75 Å². The summed E-state index contributed by atoms with van der Waals surface area (Å²) in [6.45, 7) is 8.07. The molecule has 4 aromatic rings. The van der Waals surface area contributed by atoms with E-state index in [9.17, 15) is 4.79 Å². The summed E-state index contributed by atoms with van der Waals surface area (Å²) in [5, 5.41) is 12.3. The zero-order chi connectivity index (χ0) is 23.4. The summed E-state index contributed by atoms with van der Waals surface area (Å²) in [5.74, 6) is 0.482. The highest BCUT2D eigenvalue weighted by Gasteiger charge is 2.13. The molecule has 33 heavy (non-hydrogen) atoms. The first-order valence-corrected chi connectivity index (χ1v) is 11.5. The van der Waals surface area contributed by atoms with Crippen molar-refractivity contribution < 1.29 is 9.53 Å². The lowest BCUT2D eigenvalue weighted by atomic mass is 10.1. The molecule has 6 nitrogen and oxygen atoms in total. The van der Waals surface area contributed by atoms with Crippen LogP contribution in [0.3, 0.4) is 0 Å². The van der Waals surface area contributed by atoms with Gasteiger partial charge >= 0.3 is 0 Å². The summed E-state index contributed by atoms with van der Waals surface area (Å²) in [7, 11) is 0. The molecule has 0 radical (unpaired) electrons. The molecule has 6 heteroatoms. The van der Waals surface area contributed by atoms with Crippen LogP contribution in [0, 0.1) is 6.92 Å². The Kier molecular flexibility index (Phi) is 6.73. The number of carbonyl (C=O) groups excluding carboxylic acids is 1. The van der Waals surface area contributed by atoms with E-state index in [4.69, 9.17) is 4.74 Å². The summed E-state index contributed by atoms with van der Waals surface area (Å²) >= 11 is 0. The average molecular weight is 443 g/mol. The van der Waals surface area contributed by atoms with Crippen LogP contribution in [0.15, 0.2) is 60.7 Å². The van der Waals surface area contributed by atoms with Crippen LogP contribution in [0.1, 0.15) is 55.1 Å². The molecule has 1 amide bonds. The SMILES string of the molecule is CCCCc1ccc(-n2nc3cc(C)c(NC(=O)c4cccc(OC(C)C)c4)cc3n2)cc1. The van der Waals surface area contributed by atoms with Crippen LogP contribution >= 0.6 is 0 Å². The summed E-state index contributed by atoms with van der Waals surface area (Å²) in [6.07, 6.45) is 3.50. The molecule has 0 aliphatic heterocycles. The predicted molar refractivity (Wildman–Crippen MR) is 132 cm³/mol. The fourth-order valence-electron chi connectivity index (χ4n) is 3.67. The van der Waals surface area contributed by atoms with Crippen molar-refractivity contribution in [3.63, 3.8) is 0 Å². The van der Waals surface area contributed by atoms with Crippen LogP contribution in [0.25, 0.3) is 16.7 Å². The fourth-order valence-corrected chi connectivity index (χ4v) is 3.67. The third-order valence-corrected chi connectivity index (χ3v) is 5.43. The van der Waals surface area contributed by atoms with Gasteiger partial charge in [-0.1, -0.05) is 31.5 Å². The van der Waals surface area contributed by atoms with Crippen molar-refractivity contribution in [3.05, 3.63) is 77.4 Å². The van der Waals surface area contributed by atoms with E-state index in [1.165, 1.54) is 18.4 Å². The van der Waals surface area contributed by atoms with Gasteiger partial charge in [0, 0.05) is 11.3 Å². The van der Waals surface area contributed by atoms with E-state index < -0.39 is 0 Å². The van der Waals surface area contributed by atoms with E-state index in [0.717, 1.165) is 28.7 Å². The zero-order valence-electron chi connectivity index (χ0n) is 19.6. The van der Waals surface area contributed by atoms with Gasteiger partial charge in [-0.05, 0) is 87.2 Å². The Balaban J connectivity index is 1.55. The van der Waals surface area contributed by atoms with Crippen molar-refractivity contribution in [2.45, 2.75) is 53.1 Å². The molecule has 0 unspecified atom stereocenters. The first kappa shape index (κ1) is 22.5. The lowest BCUT2D eigenvalue weighted by molar-refractivity contribution is 0.102. The molecule has 1 aromatic heterocycles. The van der Waals surface area contributed by atoms with E-state index in [2.05, 4.69) is 34.6 Å². The van der Waals surface area contributed by atoms with Crippen molar-refractivity contribution >= 4 is 22.6 Å². The van der Waals surface area contributed by atoms with Crippen molar-refractivity contribution in [2.24, 2.45) is 0 Å². The molecular formula is C27H30N4O2. The van der Waals surface area contributed by atoms with E-state index in [1.54, 1.807) is 16.9 Å². The molecule has 3 aromatic carbocycles. The van der Waals surface area contributed by atoms with Gasteiger partial charge in [-0.25, -0.2) is 0 Å². The molecule has 0 fully saturated rings. The van der Waals surface area contributed by atoms with Crippen LogP contribution in [-0.2, 0) is 6.42 Å². The number of hydrogen-bond donors (Lipinski definition) is 1.